The number of nitrogens with one attached hydrogen (secondary N) is 1. The van der Waals surface area contributed by atoms with E-state index in [1.807, 2.05) is 0 Å². The van der Waals surface area contributed by atoms with Crippen molar-refractivity contribution in [1.82, 2.24) is 5.32 Å². The van der Waals surface area contributed by atoms with Gasteiger partial charge in [0.25, 0.3) is 0 Å². The molecular weight excluding hydrogens is 198 g/mol. The van der Waals surface area contributed by atoms with Crippen molar-refractivity contribution in [3.05, 3.63) is 0 Å². The summed E-state index contributed by atoms with van der Waals surface area (Å²) < 4.78 is 5.42. The Morgan fingerprint density at radius 2 is 2.12 bits per heavy atom. The zero-order chi connectivity index (χ0) is 11.4. The molecule has 2 nitrogen and oxygen atoms in total. The Morgan fingerprint density at radius 1 is 1.25 bits per heavy atom. The first-order valence-electron chi connectivity index (χ1n) is 7.07. The number of ether oxygens (including phenoxy) is 1. The lowest BCUT2D eigenvalue weighted by molar-refractivity contribution is 0.180. The fourth-order valence-electron chi connectivity index (χ4n) is 3.10. The molecule has 1 aliphatic carbocycles. The van der Waals surface area contributed by atoms with Gasteiger partial charge in [-0.25, -0.2) is 0 Å². The molecule has 3 unspecified atom stereocenters. The zero-order valence-electron chi connectivity index (χ0n) is 10.9. The summed E-state index contributed by atoms with van der Waals surface area (Å²) >= 11 is 0. The van der Waals surface area contributed by atoms with Crippen LogP contribution in [0, 0.1) is 17.8 Å². The molecule has 2 rings (SSSR count). The maximum atomic E-state index is 5.42. The van der Waals surface area contributed by atoms with E-state index in [0.717, 1.165) is 37.0 Å². The van der Waals surface area contributed by atoms with E-state index in [-0.39, 0.29) is 0 Å². The van der Waals surface area contributed by atoms with Gasteiger partial charge in [-0.05, 0) is 37.0 Å². The SMILES string of the molecule is CC(C)C1CCCC(NCC2CCOC2)C1. The second kappa shape index (κ2) is 6.02. The summed E-state index contributed by atoms with van der Waals surface area (Å²) in [7, 11) is 0. The summed E-state index contributed by atoms with van der Waals surface area (Å²) in [5.41, 5.74) is 0. The van der Waals surface area contributed by atoms with Crippen LogP contribution in [0.2, 0.25) is 0 Å². The van der Waals surface area contributed by atoms with Crippen molar-refractivity contribution in [2.75, 3.05) is 19.8 Å². The third-order valence-corrected chi connectivity index (χ3v) is 4.38. The van der Waals surface area contributed by atoms with Gasteiger partial charge in [0.15, 0.2) is 0 Å². The molecule has 0 aromatic rings. The lowest BCUT2D eigenvalue weighted by Gasteiger charge is -2.32. The monoisotopic (exact) mass is 225 g/mol. The van der Waals surface area contributed by atoms with E-state index in [2.05, 4.69) is 19.2 Å². The molecule has 0 aromatic heterocycles. The van der Waals surface area contributed by atoms with Crippen molar-refractivity contribution in [2.24, 2.45) is 17.8 Å². The van der Waals surface area contributed by atoms with Crippen LogP contribution in [0.4, 0.5) is 0 Å². The lowest BCUT2D eigenvalue weighted by atomic mass is 9.79. The highest BCUT2D eigenvalue weighted by molar-refractivity contribution is 4.80. The Hall–Kier alpha value is -0.0800. The van der Waals surface area contributed by atoms with Crippen LogP contribution in [0.15, 0.2) is 0 Å². The van der Waals surface area contributed by atoms with Gasteiger partial charge in [0.05, 0.1) is 6.61 Å². The van der Waals surface area contributed by atoms with Crippen LogP contribution in [0.25, 0.3) is 0 Å². The summed E-state index contributed by atoms with van der Waals surface area (Å²) in [6.45, 7) is 7.88. The highest BCUT2D eigenvalue weighted by atomic mass is 16.5. The smallest absolute Gasteiger partial charge is 0.0507 e. The minimum Gasteiger partial charge on any atom is -0.381 e. The quantitative estimate of drug-likeness (QED) is 0.794. The molecule has 0 radical (unpaired) electrons. The minimum atomic E-state index is 0.777. The molecule has 0 bridgehead atoms. The molecule has 2 aliphatic rings. The molecule has 0 aromatic carbocycles. The van der Waals surface area contributed by atoms with Gasteiger partial charge in [-0.2, -0.15) is 0 Å². The molecule has 1 N–H and O–H groups in total. The molecule has 94 valence electrons. The second-order valence-electron chi connectivity index (χ2n) is 6.01. The van der Waals surface area contributed by atoms with Gasteiger partial charge in [-0.1, -0.05) is 26.7 Å². The van der Waals surface area contributed by atoms with E-state index in [4.69, 9.17) is 4.74 Å². The Bertz CT molecular complexity index is 199. The van der Waals surface area contributed by atoms with E-state index in [9.17, 15) is 0 Å². The summed E-state index contributed by atoms with van der Waals surface area (Å²) in [6, 6.07) is 0.779. The summed E-state index contributed by atoms with van der Waals surface area (Å²) in [6.07, 6.45) is 6.90. The fourth-order valence-corrected chi connectivity index (χ4v) is 3.10. The number of rotatable bonds is 4. The normalized spacial score (nSPS) is 35.8. The van der Waals surface area contributed by atoms with Gasteiger partial charge >= 0.3 is 0 Å². The van der Waals surface area contributed by atoms with Crippen LogP contribution in [-0.2, 0) is 4.74 Å². The lowest BCUT2D eigenvalue weighted by Crippen LogP contribution is -2.38. The van der Waals surface area contributed by atoms with Crippen LogP contribution < -0.4 is 5.32 Å². The average molecular weight is 225 g/mol. The van der Waals surface area contributed by atoms with Crippen molar-refractivity contribution >= 4 is 0 Å². The summed E-state index contributed by atoms with van der Waals surface area (Å²) in [5.74, 6) is 2.59. The highest BCUT2D eigenvalue weighted by Crippen LogP contribution is 2.30. The van der Waals surface area contributed by atoms with E-state index in [1.54, 1.807) is 0 Å². The fraction of sp³-hybridized carbons (Fsp3) is 1.00. The maximum Gasteiger partial charge on any atom is 0.0507 e. The van der Waals surface area contributed by atoms with Crippen LogP contribution in [0.3, 0.4) is 0 Å². The van der Waals surface area contributed by atoms with Gasteiger partial charge in [0, 0.05) is 19.2 Å². The molecule has 0 amide bonds. The number of hydrogen-bond acceptors (Lipinski definition) is 2. The zero-order valence-corrected chi connectivity index (χ0v) is 10.9. The topological polar surface area (TPSA) is 21.3 Å². The molecule has 1 saturated heterocycles. The van der Waals surface area contributed by atoms with E-state index in [0.29, 0.717) is 0 Å². The predicted molar refractivity (Wildman–Crippen MR) is 67.5 cm³/mol. The minimum absolute atomic E-state index is 0.777. The predicted octanol–water partition coefficient (Wildman–Crippen LogP) is 2.83. The molecule has 0 spiro atoms. The number of hydrogen-bond donors (Lipinski definition) is 1. The Labute approximate surface area is 100 Å². The van der Waals surface area contributed by atoms with Crippen molar-refractivity contribution in [2.45, 2.75) is 52.0 Å². The molecule has 1 aliphatic heterocycles. The van der Waals surface area contributed by atoms with Crippen molar-refractivity contribution in [3.63, 3.8) is 0 Å². The van der Waals surface area contributed by atoms with Crippen molar-refractivity contribution in [3.8, 4) is 0 Å². The Balaban J connectivity index is 1.68. The molecule has 1 saturated carbocycles. The first kappa shape index (κ1) is 12.4. The van der Waals surface area contributed by atoms with E-state index >= 15 is 0 Å². The van der Waals surface area contributed by atoms with Gasteiger partial charge < -0.3 is 10.1 Å². The van der Waals surface area contributed by atoms with Gasteiger partial charge in [0.2, 0.25) is 0 Å². The van der Waals surface area contributed by atoms with Crippen LogP contribution >= 0.6 is 0 Å². The third-order valence-electron chi connectivity index (χ3n) is 4.38. The first-order chi connectivity index (χ1) is 7.75. The molecule has 16 heavy (non-hydrogen) atoms. The third kappa shape index (κ3) is 3.46. The van der Waals surface area contributed by atoms with Crippen molar-refractivity contribution in [1.29, 1.82) is 0 Å². The van der Waals surface area contributed by atoms with Crippen LogP contribution in [-0.4, -0.2) is 25.8 Å². The van der Waals surface area contributed by atoms with E-state index < -0.39 is 0 Å². The van der Waals surface area contributed by atoms with Crippen LogP contribution in [0.5, 0.6) is 0 Å². The standard InChI is InChI=1S/C14H27NO/c1-11(2)13-4-3-5-14(8-13)15-9-12-6-7-16-10-12/h11-15H,3-10H2,1-2H3. The van der Waals surface area contributed by atoms with E-state index in [1.165, 1.54) is 38.6 Å². The molecular formula is C14H27NO. The summed E-state index contributed by atoms with van der Waals surface area (Å²) in [5, 5.41) is 3.77. The largest absolute Gasteiger partial charge is 0.381 e. The molecule has 1 heterocycles. The maximum absolute atomic E-state index is 5.42. The molecule has 2 heteroatoms. The first-order valence-corrected chi connectivity index (χ1v) is 7.07. The second-order valence-corrected chi connectivity index (χ2v) is 6.01. The van der Waals surface area contributed by atoms with Crippen LogP contribution in [0.1, 0.15) is 46.0 Å². The average Bonchev–Trinajstić information content (AvgIpc) is 2.79. The Morgan fingerprint density at radius 3 is 2.81 bits per heavy atom. The van der Waals surface area contributed by atoms with Gasteiger partial charge in [-0.15, -0.1) is 0 Å². The molecule has 3 atom stereocenters. The van der Waals surface area contributed by atoms with Gasteiger partial charge in [0.1, 0.15) is 0 Å². The summed E-state index contributed by atoms with van der Waals surface area (Å²) in [4.78, 5) is 0. The van der Waals surface area contributed by atoms with Gasteiger partial charge in [-0.3, -0.25) is 0 Å². The van der Waals surface area contributed by atoms with Crippen molar-refractivity contribution < 1.29 is 4.74 Å². The Kier molecular flexibility index (Phi) is 4.66. The highest BCUT2D eigenvalue weighted by Gasteiger charge is 2.25. The molecule has 2 fully saturated rings.